The van der Waals surface area contributed by atoms with Crippen molar-refractivity contribution in [1.82, 2.24) is 0 Å². The van der Waals surface area contributed by atoms with Gasteiger partial charge in [0.1, 0.15) is 18.6 Å². The van der Waals surface area contributed by atoms with Crippen LogP contribution in [0, 0.1) is 5.41 Å². The van der Waals surface area contributed by atoms with E-state index in [0.29, 0.717) is 38.5 Å². The number of hydrogen-bond acceptors (Lipinski definition) is 6. The molecule has 8 heteroatoms. The minimum absolute atomic E-state index is 0.0767. The molecule has 0 aliphatic rings. The molecule has 0 aromatic heterocycles. The van der Waals surface area contributed by atoms with Crippen LogP contribution in [0.25, 0.3) is 0 Å². The Hall–Kier alpha value is -2.12. The molecule has 8 nitrogen and oxygen atoms in total. The molecule has 27 heavy (non-hydrogen) atoms. The Balaban J connectivity index is 4.84. The summed E-state index contributed by atoms with van der Waals surface area (Å²) in [6.07, 6.45) is 4.15. The van der Waals surface area contributed by atoms with Gasteiger partial charge in [-0.1, -0.05) is 33.1 Å². The normalized spacial score (nSPS) is 11.0. The molecular formula is C19H32O8. The fraction of sp³-hybridized carbons (Fsp3) is 0.789. The lowest BCUT2D eigenvalue weighted by atomic mass is 9.84. The van der Waals surface area contributed by atoms with E-state index in [0.717, 1.165) is 0 Å². The quantitative estimate of drug-likeness (QED) is 0.305. The first kappa shape index (κ1) is 24.9. The highest BCUT2D eigenvalue weighted by Crippen LogP contribution is 2.28. The number of carbonyl (C=O) groups is 4. The zero-order valence-electron chi connectivity index (χ0n) is 16.3. The maximum atomic E-state index is 11.9. The second-order valence-electron chi connectivity index (χ2n) is 6.71. The molecule has 0 spiro atoms. The molecule has 0 atom stereocenters. The van der Waals surface area contributed by atoms with Gasteiger partial charge >= 0.3 is 23.9 Å². The topological polar surface area (TPSA) is 127 Å². The summed E-state index contributed by atoms with van der Waals surface area (Å²) in [6, 6.07) is 0. The number of ether oxygens (including phenoxy) is 2. The maximum Gasteiger partial charge on any atom is 0.316 e. The van der Waals surface area contributed by atoms with Gasteiger partial charge in [-0.25, -0.2) is 0 Å². The molecule has 0 bridgehead atoms. The standard InChI is InChI=1S/C19H32O8/c1-3-9-16(22)26-13-19(18(24)25,14-27-17(23)10-4-2)12-8-6-5-7-11-15(20)21/h3-14H2,1-2H3,(H,20,21)(H,24,25). The number of carboxylic acid groups (broad SMARTS) is 2. The van der Waals surface area contributed by atoms with Gasteiger partial charge in [-0.15, -0.1) is 0 Å². The van der Waals surface area contributed by atoms with Crippen LogP contribution in [-0.4, -0.2) is 47.3 Å². The summed E-state index contributed by atoms with van der Waals surface area (Å²) in [4.78, 5) is 45.7. The van der Waals surface area contributed by atoms with Gasteiger partial charge in [0.05, 0.1) is 0 Å². The van der Waals surface area contributed by atoms with Gasteiger partial charge in [0.2, 0.25) is 0 Å². The summed E-state index contributed by atoms with van der Waals surface area (Å²) < 4.78 is 10.2. The predicted octanol–water partition coefficient (Wildman–Crippen LogP) is 3.17. The third-order valence-electron chi connectivity index (χ3n) is 4.18. The maximum absolute atomic E-state index is 11.9. The lowest BCUT2D eigenvalue weighted by Crippen LogP contribution is -2.41. The van der Waals surface area contributed by atoms with Crippen molar-refractivity contribution in [2.75, 3.05) is 13.2 Å². The largest absolute Gasteiger partial charge is 0.481 e. The molecule has 0 fully saturated rings. The lowest BCUT2D eigenvalue weighted by molar-refractivity contribution is -0.168. The Morgan fingerprint density at radius 1 is 0.741 bits per heavy atom. The predicted molar refractivity (Wildman–Crippen MR) is 97.1 cm³/mol. The molecule has 0 aromatic rings. The van der Waals surface area contributed by atoms with E-state index in [1.807, 2.05) is 13.8 Å². The van der Waals surface area contributed by atoms with Crippen molar-refractivity contribution in [3.63, 3.8) is 0 Å². The van der Waals surface area contributed by atoms with Crippen LogP contribution in [0.3, 0.4) is 0 Å². The van der Waals surface area contributed by atoms with E-state index in [1.54, 1.807) is 0 Å². The van der Waals surface area contributed by atoms with Crippen LogP contribution < -0.4 is 0 Å². The molecule has 0 rings (SSSR count). The van der Waals surface area contributed by atoms with Gasteiger partial charge in [-0.05, 0) is 25.7 Å². The first-order valence-corrected chi connectivity index (χ1v) is 9.53. The van der Waals surface area contributed by atoms with Crippen LogP contribution in [0.15, 0.2) is 0 Å². The molecule has 0 saturated carbocycles. The number of hydrogen-bond donors (Lipinski definition) is 2. The van der Waals surface area contributed by atoms with E-state index < -0.39 is 29.3 Å². The van der Waals surface area contributed by atoms with Crippen molar-refractivity contribution < 1.29 is 38.9 Å². The van der Waals surface area contributed by atoms with Gasteiger partial charge in [0.25, 0.3) is 0 Å². The zero-order chi connectivity index (χ0) is 20.7. The van der Waals surface area contributed by atoms with Gasteiger partial charge < -0.3 is 19.7 Å². The summed E-state index contributed by atoms with van der Waals surface area (Å²) in [7, 11) is 0. The molecule has 2 N–H and O–H groups in total. The van der Waals surface area contributed by atoms with E-state index in [-0.39, 0.29) is 38.9 Å². The average Bonchev–Trinajstić information content (AvgIpc) is 2.59. The fourth-order valence-electron chi connectivity index (χ4n) is 2.50. The van der Waals surface area contributed by atoms with Crippen LogP contribution in [0.2, 0.25) is 0 Å². The zero-order valence-corrected chi connectivity index (χ0v) is 16.3. The molecule has 0 saturated heterocycles. The number of carbonyl (C=O) groups excluding carboxylic acids is 2. The molecular weight excluding hydrogens is 356 g/mol. The molecule has 0 radical (unpaired) electrons. The molecule has 156 valence electrons. The highest BCUT2D eigenvalue weighted by molar-refractivity contribution is 5.77. The van der Waals surface area contributed by atoms with Gasteiger partial charge in [-0.3, -0.25) is 19.2 Å². The summed E-state index contributed by atoms with van der Waals surface area (Å²) in [5.74, 6) is -3.00. The lowest BCUT2D eigenvalue weighted by Gasteiger charge is -2.28. The first-order chi connectivity index (χ1) is 12.8. The fourth-order valence-corrected chi connectivity index (χ4v) is 2.50. The number of unbranched alkanes of at least 4 members (excludes halogenated alkanes) is 3. The highest BCUT2D eigenvalue weighted by Gasteiger charge is 2.41. The van der Waals surface area contributed by atoms with E-state index in [4.69, 9.17) is 14.6 Å². The molecule has 0 aromatic carbocycles. The summed E-state index contributed by atoms with van der Waals surface area (Å²) >= 11 is 0. The van der Waals surface area contributed by atoms with Crippen molar-refractivity contribution in [2.45, 2.75) is 78.1 Å². The third-order valence-corrected chi connectivity index (χ3v) is 4.18. The van der Waals surface area contributed by atoms with Crippen LogP contribution in [0.5, 0.6) is 0 Å². The van der Waals surface area contributed by atoms with Crippen molar-refractivity contribution >= 4 is 23.9 Å². The van der Waals surface area contributed by atoms with Crippen LogP contribution >= 0.6 is 0 Å². The summed E-state index contributed by atoms with van der Waals surface area (Å²) in [6.45, 7) is 2.93. The SMILES string of the molecule is CCCC(=O)OCC(CCCCCCC(=O)O)(COC(=O)CCC)C(=O)O. The van der Waals surface area contributed by atoms with Gasteiger partial charge in [0, 0.05) is 19.3 Å². The molecule has 0 amide bonds. The molecule has 0 aliphatic carbocycles. The summed E-state index contributed by atoms with van der Waals surface area (Å²) in [5.41, 5.74) is -1.49. The van der Waals surface area contributed by atoms with E-state index in [1.165, 1.54) is 0 Å². The Morgan fingerprint density at radius 3 is 1.63 bits per heavy atom. The van der Waals surface area contributed by atoms with E-state index in [2.05, 4.69) is 0 Å². The molecule has 0 aliphatic heterocycles. The summed E-state index contributed by atoms with van der Waals surface area (Å²) in [5, 5.41) is 18.4. The molecule has 0 heterocycles. The van der Waals surface area contributed by atoms with Crippen molar-refractivity contribution in [1.29, 1.82) is 0 Å². The number of rotatable bonds is 16. The van der Waals surface area contributed by atoms with E-state index in [9.17, 15) is 24.3 Å². The monoisotopic (exact) mass is 388 g/mol. The number of esters is 2. The van der Waals surface area contributed by atoms with Crippen molar-refractivity contribution in [2.24, 2.45) is 5.41 Å². The average molecular weight is 388 g/mol. The minimum atomic E-state index is -1.49. The second-order valence-corrected chi connectivity index (χ2v) is 6.71. The number of aliphatic carboxylic acids is 2. The van der Waals surface area contributed by atoms with Crippen molar-refractivity contribution in [3.8, 4) is 0 Å². The van der Waals surface area contributed by atoms with Crippen LogP contribution in [0.1, 0.15) is 78.1 Å². The smallest absolute Gasteiger partial charge is 0.316 e. The van der Waals surface area contributed by atoms with Crippen LogP contribution in [-0.2, 0) is 28.7 Å². The first-order valence-electron chi connectivity index (χ1n) is 9.53. The van der Waals surface area contributed by atoms with E-state index >= 15 is 0 Å². The van der Waals surface area contributed by atoms with Crippen LogP contribution in [0.4, 0.5) is 0 Å². The van der Waals surface area contributed by atoms with Gasteiger partial charge in [0.15, 0.2) is 0 Å². The molecule has 0 unspecified atom stereocenters. The Labute approximate surface area is 160 Å². The highest BCUT2D eigenvalue weighted by atomic mass is 16.6. The van der Waals surface area contributed by atoms with Crippen molar-refractivity contribution in [3.05, 3.63) is 0 Å². The third kappa shape index (κ3) is 11.2. The second kappa shape index (κ2) is 14.0. The van der Waals surface area contributed by atoms with Gasteiger partial charge in [-0.2, -0.15) is 0 Å². The Bertz CT molecular complexity index is 464. The Morgan fingerprint density at radius 2 is 1.22 bits per heavy atom. The number of carboxylic acids is 2. The Kier molecular flexibility index (Phi) is 12.9. The minimum Gasteiger partial charge on any atom is -0.481 e.